The number of carbonyl (C=O) groups excluding carboxylic acids is 2. The van der Waals surface area contributed by atoms with Crippen LogP contribution >= 0.6 is 0 Å². The average Bonchev–Trinajstić information content (AvgIpc) is 2.66. The smallest absolute Gasteiger partial charge is 0.408 e. The number of benzene rings is 2. The lowest BCUT2D eigenvalue weighted by molar-refractivity contribution is 0.0501. The third-order valence-electron chi connectivity index (χ3n) is 4.07. The molecule has 7 heteroatoms. The van der Waals surface area contributed by atoms with Crippen molar-refractivity contribution in [2.45, 2.75) is 38.8 Å². The molecule has 154 valence electrons. The second-order valence-corrected chi connectivity index (χ2v) is 7.52. The first kappa shape index (κ1) is 21.9. The van der Waals surface area contributed by atoms with Crippen molar-refractivity contribution in [2.75, 3.05) is 7.11 Å². The van der Waals surface area contributed by atoms with Crippen LogP contribution in [0, 0.1) is 0 Å². The summed E-state index contributed by atoms with van der Waals surface area (Å²) < 4.78 is 10.1. The van der Waals surface area contributed by atoms with E-state index in [1.54, 1.807) is 57.2 Å². The van der Waals surface area contributed by atoms with Gasteiger partial charge < -0.3 is 19.9 Å². The summed E-state index contributed by atoms with van der Waals surface area (Å²) in [5.41, 5.74) is 1.55. The summed E-state index contributed by atoms with van der Waals surface area (Å²) in [4.78, 5) is 35.0. The molecule has 2 rings (SSSR count). The summed E-state index contributed by atoms with van der Waals surface area (Å²) in [6.45, 7) is 5.33. The second kappa shape index (κ2) is 9.23. The number of carboxylic acid groups (broad SMARTS) is 1. The van der Waals surface area contributed by atoms with Gasteiger partial charge in [0.1, 0.15) is 5.60 Å². The summed E-state index contributed by atoms with van der Waals surface area (Å²) in [5, 5.41) is 11.9. The van der Waals surface area contributed by atoms with E-state index in [0.717, 1.165) is 11.1 Å². The van der Waals surface area contributed by atoms with E-state index >= 15 is 0 Å². The number of carboxylic acids is 1. The molecule has 0 bridgehead atoms. The van der Waals surface area contributed by atoms with E-state index in [2.05, 4.69) is 5.32 Å². The summed E-state index contributed by atoms with van der Waals surface area (Å²) in [6, 6.07) is 12.7. The molecule has 0 aliphatic carbocycles. The standard InChI is InChI=1S/C22H25NO6/c1-22(2,3)29-21(27)23-18(13-14-5-7-16(8-6-14)19(24)25)15-9-11-17(12-10-15)20(26)28-4/h5-12,18H,13H2,1-4H3,(H,23,27)(H,24,25). The fourth-order valence-corrected chi connectivity index (χ4v) is 2.69. The zero-order valence-corrected chi connectivity index (χ0v) is 16.9. The molecule has 0 fully saturated rings. The third kappa shape index (κ3) is 6.64. The Bertz CT molecular complexity index is 866. The van der Waals surface area contributed by atoms with Gasteiger partial charge in [-0.25, -0.2) is 14.4 Å². The molecular formula is C22H25NO6. The highest BCUT2D eigenvalue weighted by atomic mass is 16.6. The molecule has 2 aromatic rings. The summed E-state index contributed by atoms with van der Waals surface area (Å²) in [7, 11) is 1.31. The molecular weight excluding hydrogens is 374 g/mol. The molecule has 0 aliphatic rings. The lowest BCUT2D eigenvalue weighted by atomic mass is 9.97. The van der Waals surface area contributed by atoms with Crippen LogP contribution in [0.4, 0.5) is 4.79 Å². The molecule has 7 nitrogen and oxygen atoms in total. The molecule has 0 aliphatic heterocycles. The first-order valence-corrected chi connectivity index (χ1v) is 9.09. The maximum absolute atomic E-state index is 12.3. The SMILES string of the molecule is COC(=O)c1ccc(C(Cc2ccc(C(=O)O)cc2)NC(=O)OC(C)(C)C)cc1. The van der Waals surface area contributed by atoms with Crippen molar-refractivity contribution in [3.8, 4) is 0 Å². The van der Waals surface area contributed by atoms with E-state index in [1.807, 2.05) is 0 Å². The van der Waals surface area contributed by atoms with Crippen molar-refractivity contribution in [1.29, 1.82) is 0 Å². The van der Waals surface area contributed by atoms with E-state index in [9.17, 15) is 14.4 Å². The number of nitrogens with one attached hydrogen (secondary N) is 1. The monoisotopic (exact) mass is 399 g/mol. The van der Waals surface area contributed by atoms with Crippen LogP contribution in [-0.4, -0.2) is 35.8 Å². The van der Waals surface area contributed by atoms with Crippen LogP contribution in [0.5, 0.6) is 0 Å². The fraction of sp³-hybridized carbons (Fsp3) is 0.318. The molecule has 29 heavy (non-hydrogen) atoms. The molecule has 0 spiro atoms. The van der Waals surface area contributed by atoms with Crippen molar-refractivity contribution < 1.29 is 29.0 Å². The lowest BCUT2D eigenvalue weighted by Crippen LogP contribution is -2.35. The fourth-order valence-electron chi connectivity index (χ4n) is 2.69. The Morgan fingerprint density at radius 2 is 1.52 bits per heavy atom. The maximum Gasteiger partial charge on any atom is 0.408 e. The van der Waals surface area contributed by atoms with Gasteiger partial charge in [-0.2, -0.15) is 0 Å². The van der Waals surface area contributed by atoms with Gasteiger partial charge >= 0.3 is 18.0 Å². The van der Waals surface area contributed by atoms with Crippen LogP contribution in [0.1, 0.15) is 58.7 Å². The molecule has 1 unspecified atom stereocenters. The second-order valence-electron chi connectivity index (χ2n) is 7.52. The topological polar surface area (TPSA) is 102 Å². The minimum atomic E-state index is -1.00. The number of amides is 1. The normalized spacial score (nSPS) is 12.0. The number of carbonyl (C=O) groups is 3. The number of ether oxygens (including phenoxy) is 2. The molecule has 0 aromatic heterocycles. The molecule has 1 amide bonds. The quantitative estimate of drug-likeness (QED) is 0.713. The Hall–Kier alpha value is -3.35. The third-order valence-corrected chi connectivity index (χ3v) is 4.07. The summed E-state index contributed by atoms with van der Waals surface area (Å²) in [6.07, 6.45) is -0.154. The molecule has 0 saturated carbocycles. The van der Waals surface area contributed by atoms with Crippen LogP contribution in [0.15, 0.2) is 48.5 Å². The Morgan fingerprint density at radius 3 is 2.00 bits per heavy atom. The number of aromatic carboxylic acids is 1. The minimum absolute atomic E-state index is 0.188. The summed E-state index contributed by atoms with van der Waals surface area (Å²) in [5.74, 6) is -1.45. The Balaban J connectivity index is 2.26. The number of esters is 1. The molecule has 1 atom stereocenters. The highest BCUT2D eigenvalue weighted by Crippen LogP contribution is 2.21. The van der Waals surface area contributed by atoms with E-state index in [0.29, 0.717) is 12.0 Å². The van der Waals surface area contributed by atoms with Crippen LogP contribution in [0.3, 0.4) is 0 Å². The van der Waals surface area contributed by atoms with Crippen molar-refractivity contribution in [1.82, 2.24) is 5.32 Å². The van der Waals surface area contributed by atoms with Gasteiger partial charge in [-0.1, -0.05) is 24.3 Å². The van der Waals surface area contributed by atoms with Crippen LogP contribution in [0.2, 0.25) is 0 Å². The highest BCUT2D eigenvalue weighted by Gasteiger charge is 2.21. The van der Waals surface area contributed by atoms with Crippen molar-refractivity contribution in [3.05, 3.63) is 70.8 Å². The van der Waals surface area contributed by atoms with Crippen LogP contribution in [0.25, 0.3) is 0 Å². The maximum atomic E-state index is 12.3. The number of methoxy groups -OCH3 is 1. The number of hydrogen-bond donors (Lipinski definition) is 2. The van der Waals surface area contributed by atoms with Gasteiger partial charge in [0.2, 0.25) is 0 Å². The van der Waals surface area contributed by atoms with Gasteiger partial charge in [0, 0.05) is 0 Å². The predicted molar refractivity (Wildman–Crippen MR) is 107 cm³/mol. The number of hydrogen-bond acceptors (Lipinski definition) is 5. The van der Waals surface area contributed by atoms with Gasteiger partial charge in [0.25, 0.3) is 0 Å². The molecule has 0 heterocycles. The Morgan fingerprint density at radius 1 is 0.966 bits per heavy atom. The first-order valence-electron chi connectivity index (χ1n) is 9.09. The number of alkyl carbamates (subject to hydrolysis) is 1. The van der Waals surface area contributed by atoms with Crippen LogP contribution < -0.4 is 5.32 Å². The van der Waals surface area contributed by atoms with Gasteiger partial charge in [-0.3, -0.25) is 0 Å². The molecule has 0 saturated heterocycles. The van der Waals surface area contributed by atoms with E-state index in [-0.39, 0.29) is 5.56 Å². The number of rotatable bonds is 6. The molecule has 2 aromatic carbocycles. The summed E-state index contributed by atoms with van der Waals surface area (Å²) >= 11 is 0. The Labute approximate surface area is 169 Å². The molecule has 2 N–H and O–H groups in total. The van der Waals surface area contributed by atoms with Gasteiger partial charge in [0.05, 0.1) is 24.3 Å². The van der Waals surface area contributed by atoms with Gasteiger partial charge in [0.15, 0.2) is 0 Å². The van der Waals surface area contributed by atoms with Crippen LogP contribution in [-0.2, 0) is 15.9 Å². The minimum Gasteiger partial charge on any atom is -0.478 e. The zero-order valence-electron chi connectivity index (χ0n) is 16.9. The first-order chi connectivity index (χ1) is 13.6. The molecule has 0 radical (unpaired) electrons. The lowest BCUT2D eigenvalue weighted by Gasteiger charge is -2.24. The average molecular weight is 399 g/mol. The van der Waals surface area contributed by atoms with Crippen molar-refractivity contribution >= 4 is 18.0 Å². The van der Waals surface area contributed by atoms with Gasteiger partial charge in [-0.05, 0) is 62.6 Å². The van der Waals surface area contributed by atoms with E-state index in [4.69, 9.17) is 14.6 Å². The predicted octanol–water partition coefficient (Wildman–Crippen LogP) is 3.98. The highest BCUT2D eigenvalue weighted by molar-refractivity contribution is 5.89. The largest absolute Gasteiger partial charge is 0.478 e. The van der Waals surface area contributed by atoms with Gasteiger partial charge in [-0.15, -0.1) is 0 Å². The van der Waals surface area contributed by atoms with E-state index in [1.165, 1.54) is 19.2 Å². The zero-order chi connectivity index (χ0) is 21.6. The Kier molecular flexibility index (Phi) is 6.98. The van der Waals surface area contributed by atoms with Crippen molar-refractivity contribution in [3.63, 3.8) is 0 Å². The van der Waals surface area contributed by atoms with Crippen molar-refractivity contribution in [2.24, 2.45) is 0 Å². The van der Waals surface area contributed by atoms with E-state index < -0.39 is 29.7 Å².